The number of alkyl halides is 3. The molecule has 1 N–H and O–H groups in total. The topological polar surface area (TPSA) is 132 Å². The second-order valence-electron chi connectivity index (χ2n) is 7.53. The zero-order valence-electron chi connectivity index (χ0n) is 17.9. The van der Waals surface area contributed by atoms with Gasteiger partial charge in [-0.1, -0.05) is 41.5 Å². The molecule has 0 aliphatic carbocycles. The average Bonchev–Trinajstić information content (AvgIpc) is 3.37. The smallest absolute Gasteiger partial charge is 0.390 e. The lowest BCUT2D eigenvalue weighted by molar-refractivity contribution is -0.129. The minimum absolute atomic E-state index is 0.0815. The molecule has 4 rings (SSSR count). The Morgan fingerprint density at radius 1 is 1.03 bits per heavy atom. The van der Waals surface area contributed by atoms with Gasteiger partial charge in [0.15, 0.2) is 15.1 Å². The van der Waals surface area contributed by atoms with E-state index < -0.39 is 55.4 Å². The van der Waals surface area contributed by atoms with Crippen molar-refractivity contribution in [3.05, 3.63) is 59.4 Å². The van der Waals surface area contributed by atoms with Crippen LogP contribution in [0, 0.1) is 0 Å². The van der Waals surface area contributed by atoms with Crippen LogP contribution in [0.25, 0.3) is 21.3 Å². The van der Waals surface area contributed by atoms with Gasteiger partial charge in [-0.25, -0.2) is 26.5 Å². The van der Waals surface area contributed by atoms with E-state index in [0.29, 0.717) is 10.2 Å². The molecule has 1 unspecified atom stereocenters. The molecule has 15 heteroatoms. The molecular weight excluding hydrogens is 529 g/mol. The standard InChI is InChI=1S/C20H17F3N4O5S3/c1-34(28,29)27-19-26-25-17(32-19)16(35(30,31)10-9-20(21,22)23)18-24-14-8-7-13(11-15(14)33-18)12-5-3-2-4-6-12/h2-8,11,16H,9-10H2,1H3,(H,26,27). The van der Waals surface area contributed by atoms with Gasteiger partial charge in [0.25, 0.3) is 0 Å². The van der Waals surface area contributed by atoms with Gasteiger partial charge in [0.05, 0.1) is 28.6 Å². The maximum absolute atomic E-state index is 13.0. The summed E-state index contributed by atoms with van der Waals surface area (Å²) in [7, 11) is -8.38. The molecule has 0 aliphatic rings. The van der Waals surface area contributed by atoms with Gasteiger partial charge in [-0.05, 0) is 23.3 Å². The normalized spacial score (nSPS) is 13.7. The van der Waals surface area contributed by atoms with Crippen molar-refractivity contribution in [1.82, 2.24) is 15.2 Å². The molecule has 0 radical (unpaired) electrons. The second-order valence-corrected chi connectivity index (χ2v) is 12.5. The first kappa shape index (κ1) is 25.1. The first-order valence-electron chi connectivity index (χ1n) is 9.86. The van der Waals surface area contributed by atoms with Crippen LogP contribution in [0.4, 0.5) is 19.2 Å². The number of nitrogens with zero attached hydrogens (tertiary/aromatic N) is 3. The molecule has 0 aliphatic heterocycles. The molecule has 2 aromatic heterocycles. The van der Waals surface area contributed by atoms with Crippen LogP contribution in [0.15, 0.2) is 52.9 Å². The average molecular weight is 547 g/mol. The van der Waals surface area contributed by atoms with Gasteiger partial charge in [-0.15, -0.1) is 16.4 Å². The molecule has 0 saturated carbocycles. The minimum Gasteiger partial charge on any atom is -0.406 e. The van der Waals surface area contributed by atoms with E-state index in [2.05, 4.69) is 15.2 Å². The molecule has 0 bridgehead atoms. The van der Waals surface area contributed by atoms with Crippen LogP contribution in [-0.2, 0) is 19.9 Å². The number of aromatic nitrogens is 3. The Bertz CT molecular complexity index is 1570. The fourth-order valence-corrected chi connectivity index (χ4v) is 6.67. The number of anilines is 1. The number of nitrogens with one attached hydrogen (secondary N) is 1. The predicted octanol–water partition coefficient (Wildman–Crippen LogP) is 4.17. The molecule has 2 heterocycles. The number of hydrogen-bond donors (Lipinski definition) is 1. The van der Waals surface area contributed by atoms with E-state index in [4.69, 9.17) is 4.42 Å². The molecule has 35 heavy (non-hydrogen) atoms. The van der Waals surface area contributed by atoms with Crippen molar-refractivity contribution >= 4 is 47.4 Å². The Hall–Kier alpha value is -3.04. The predicted molar refractivity (Wildman–Crippen MR) is 124 cm³/mol. The third-order valence-corrected chi connectivity index (χ3v) is 8.40. The van der Waals surface area contributed by atoms with Crippen molar-refractivity contribution in [2.24, 2.45) is 0 Å². The van der Waals surface area contributed by atoms with Crippen molar-refractivity contribution in [3.8, 4) is 11.1 Å². The van der Waals surface area contributed by atoms with Crippen LogP contribution in [0.5, 0.6) is 0 Å². The van der Waals surface area contributed by atoms with Gasteiger partial charge in [0, 0.05) is 0 Å². The Morgan fingerprint density at radius 3 is 2.40 bits per heavy atom. The Balaban J connectivity index is 1.78. The van der Waals surface area contributed by atoms with Gasteiger partial charge in [-0.3, -0.25) is 0 Å². The van der Waals surface area contributed by atoms with Crippen LogP contribution < -0.4 is 4.72 Å². The van der Waals surface area contributed by atoms with Crippen molar-refractivity contribution in [2.45, 2.75) is 17.8 Å². The maximum atomic E-state index is 13.0. The zero-order valence-corrected chi connectivity index (χ0v) is 20.3. The van der Waals surface area contributed by atoms with Gasteiger partial charge < -0.3 is 4.42 Å². The second kappa shape index (κ2) is 9.20. The van der Waals surface area contributed by atoms with Crippen LogP contribution in [0.3, 0.4) is 0 Å². The highest BCUT2D eigenvalue weighted by Crippen LogP contribution is 2.38. The number of sulfone groups is 1. The summed E-state index contributed by atoms with van der Waals surface area (Å²) < 4.78 is 95.1. The maximum Gasteiger partial charge on any atom is 0.390 e. The van der Waals surface area contributed by atoms with E-state index in [0.717, 1.165) is 28.7 Å². The van der Waals surface area contributed by atoms with Gasteiger partial charge >= 0.3 is 12.2 Å². The minimum atomic E-state index is -4.71. The van der Waals surface area contributed by atoms with Crippen LogP contribution in [-0.4, -0.2) is 50.2 Å². The summed E-state index contributed by atoms with van der Waals surface area (Å²) in [6, 6.07) is 14.0. The van der Waals surface area contributed by atoms with Gasteiger partial charge in [-0.2, -0.15) is 13.2 Å². The SMILES string of the molecule is CS(=O)(=O)Nc1nnc(C(c2nc3ccc(-c4ccccc4)cc3s2)S(=O)(=O)CCC(F)(F)F)o1. The van der Waals surface area contributed by atoms with Crippen molar-refractivity contribution in [2.75, 3.05) is 16.7 Å². The molecule has 9 nitrogen and oxygen atoms in total. The molecular formula is C20H17F3N4O5S3. The summed E-state index contributed by atoms with van der Waals surface area (Å²) in [5, 5.41) is 5.15. The third kappa shape index (κ3) is 6.15. The molecule has 0 spiro atoms. The monoisotopic (exact) mass is 546 g/mol. The highest BCUT2D eigenvalue weighted by Gasteiger charge is 2.40. The first-order chi connectivity index (χ1) is 16.3. The number of benzene rings is 2. The fraction of sp³-hybridized carbons (Fsp3) is 0.250. The lowest BCUT2D eigenvalue weighted by Gasteiger charge is -2.13. The molecule has 4 aromatic rings. The Labute approximate surface area is 202 Å². The third-order valence-electron chi connectivity index (χ3n) is 4.70. The van der Waals surface area contributed by atoms with E-state index in [9.17, 15) is 30.0 Å². The van der Waals surface area contributed by atoms with Gasteiger partial charge in [0.1, 0.15) is 5.01 Å². The summed E-state index contributed by atoms with van der Waals surface area (Å²) in [4.78, 5) is 4.31. The number of thiazole rings is 1. The molecule has 186 valence electrons. The number of fused-ring (bicyclic) bond motifs is 1. The summed E-state index contributed by atoms with van der Waals surface area (Å²) in [6.45, 7) is 0. The number of halogens is 3. The van der Waals surface area contributed by atoms with Crippen molar-refractivity contribution in [1.29, 1.82) is 0 Å². The number of sulfonamides is 1. The van der Waals surface area contributed by atoms with E-state index in [1.165, 1.54) is 0 Å². The number of hydrogen-bond acceptors (Lipinski definition) is 9. The Kier molecular flexibility index (Phi) is 6.59. The first-order valence-corrected chi connectivity index (χ1v) is 14.3. The summed E-state index contributed by atoms with van der Waals surface area (Å²) in [5.41, 5.74) is 2.17. The summed E-state index contributed by atoms with van der Waals surface area (Å²) in [6.07, 6.45) is -5.49. The molecule has 0 saturated heterocycles. The molecule has 0 amide bonds. The quantitative estimate of drug-likeness (QED) is 0.348. The lowest BCUT2D eigenvalue weighted by Crippen LogP contribution is -2.22. The van der Waals surface area contributed by atoms with Crippen LogP contribution in [0.1, 0.15) is 22.6 Å². The van der Waals surface area contributed by atoms with Crippen LogP contribution in [0.2, 0.25) is 0 Å². The summed E-state index contributed by atoms with van der Waals surface area (Å²) >= 11 is 0.954. The van der Waals surface area contributed by atoms with E-state index >= 15 is 0 Å². The van der Waals surface area contributed by atoms with Crippen LogP contribution >= 0.6 is 11.3 Å². The van der Waals surface area contributed by atoms with E-state index in [1.54, 1.807) is 18.2 Å². The molecule has 0 fully saturated rings. The largest absolute Gasteiger partial charge is 0.406 e. The van der Waals surface area contributed by atoms with Gasteiger partial charge in [0.2, 0.25) is 15.9 Å². The lowest BCUT2D eigenvalue weighted by atomic mass is 10.1. The highest BCUT2D eigenvalue weighted by atomic mass is 32.2. The molecule has 1 atom stereocenters. The fourth-order valence-electron chi connectivity index (χ4n) is 3.19. The zero-order chi connectivity index (χ0) is 25.4. The highest BCUT2D eigenvalue weighted by molar-refractivity contribution is 7.92. The van der Waals surface area contributed by atoms with E-state index in [-0.39, 0.29) is 5.01 Å². The molecule has 2 aromatic carbocycles. The van der Waals surface area contributed by atoms with Crippen molar-refractivity contribution < 1.29 is 34.4 Å². The number of rotatable bonds is 8. The van der Waals surface area contributed by atoms with Crippen molar-refractivity contribution in [3.63, 3.8) is 0 Å². The Morgan fingerprint density at radius 2 is 1.74 bits per heavy atom. The van der Waals surface area contributed by atoms with E-state index in [1.807, 2.05) is 35.1 Å². The summed E-state index contributed by atoms with van der Waals surface area (Å²) in [5.74, 6) is -1.84.